The summed E-state index contributed by atoms with van der Waals surface area (Å²) >= 11 is 0. The molecule has 6 nitrogen and oxygen atoms in total. The summed E-state index contributed by atoms with van der Waals surface area (Å²) in [4.78, 5) is 35.0. The van der Waals surface area contributed by atoms with Crippen molar-refractivity contribution in [2.45, 2.75) is 32.6 Å². The minimum absolute atomic E-state index is 0.0121. The molecule has 3 rings (SSSR count). The van der Waals surface area contributed by atoms with Gasteiger partial charge in [-0.15, -0.1) is 0 Å². The average molecular weight is 352 g/mol. The molecule has 0 unspecified atom stereocenters. The van der Waals surface area contributed by atoms with Gasteiger partial charge in [-0.3, -0.25) is 14.6 Å². The Morgan fingerprint density at radius 3 is 2.62 bits per heavy atom. The van der Waals surface area contributed by atoms with E-state index in [0.717, 1.165) is 11.3 Å². The summed E-state index contributed by atoms with van der Waals surface area (Å²) in [5.74, 6) is 0.629. The van der Waals surface area contributed by atoms with Crippen LogP contribution in [0.25, 0.3) is 0 Å². The molecule has 0 aliphatic carbocycles. The lowest BCUT2D eigenvalue weighted by Crippen LogP contribution is -2.41. The molecule has 1 saturated heterocycles. The van der Waals surface area contributed by atoms with E-state index in [1.165, 1.54) is 0 Å². The van der Waals surface area contributed by atoms with E-state index in [9.17, 15) is 9.59 Å². The first-order valence-corrected chi connectivity index (χ1v) is 9.03. The third-order valence-corrected chi connectivity index (χ3v) is 4.70. The van der Waals surface area contributed by atoms with Gasteiger partial charge in [-0.05, 0) is 49.9 Å². The van der Waals surface area contributed by atoms with E-state index < -0.39 is 0 Å². The second-order valence-electron chi connectivity index (χ2n) is 6.69. The number of rotatable bonds is 5. The monoisotopic (exact) mass is 352 g/mol. The Hall–Kier alpha value is -2.76. The van der Waals surface area contributed by atoms with Crippen molar-refractivity contribution < 1.29 is 9.59 Å². The maximum absolute atomic E-state index is 12.4. The van der Waals surface area contributed by atoms with Crippen LogP contribution in [0.3, 0.4) is 0 Å². The SMILES string of the molecule is Cc1ccc(NC(=O)C2CCN(C(=O)CCc3ccccn3)CC2)nc1. The van der Waals surface area contributed by atoms with Crippen LogP contribution in [0.1, 0.15) is 30.5 Å². The Kier molecular flexibility index (Phi) is 5.94. The molecule has 2 aromatic heterocycles. The first kappa shape index (κ1) is 18.0. The van der Waals surface area contributed by atoms with Gasteiger partial charge in [-0.2, -0.15) is 0 Å². The lowest BCUT2D eigenvalue weighted by molar-refractivity contribution is -0.134. The summed E-state index contributed by atoms with van der Waals surface area (Å²) < 4.78 is 0. The molecule has 0 atom stereocenters. The molecule has 0 spiro atoms. The van der Waals surface area contributed by atoms with Crippen molar-refractivity contribution in [3.8, 4) is 0 Å². The minimum Gasteiger partial charge on any atom is -0.343 e. The van der Waals surface area contributed by atoms with Crippen LogP contribution >= 0.6 is 0 Å². The zero-order valence-electron chi connectivity index (χ0n) is 15.0. The molecule has 0 radical (unpaired) electrons. The predicted molar refractivity (Wildman–Crippen MR) is 99.5 cm³/mol. The average Bonchev–Trinajstić information content (AvgIpc) is 2.69. The number of hydrogen-bond acceptors (Lipinski definition) is 4. The van der Waals surface area contributed by atoms with Gasteiger partial charge in [0.05, 0.1) is 0 Å². The second kappa shape index (κ2) is 8.56. The van der Waals surface area contributed by atoms with Crippen molar-refractivity contribution >= 4 is 17.6 Å². The van der Waals surface area contributed by atoms with Crippen molar-refractivity contribution in [1.29, 1.82) is 0 Å². The second-order valence-corrected chi connectivity index (χ2v) is 6.69. The standard InChI is InChI=1S/C20H24N4O2/c1-15-5-7-18(22-14-15)23-20(26)16-9-12-24(13-10-16)19(25)8-6-17-4-2-3-11-21-17/h2-5,7,11,14,16H,6,8-10,12-13H2,1H3,(H,22,23,26). The van der Waals surface area contributed by atoms with E-state index >= 15 is 0 Å². The van der Waals surface area contributed by atoms with Crippen molar-refractivity contribution in [2.75, 3.05) is 18.4 Å². The van der Waals surface area contributed by atoms with Crippen LogP contribution < -0.4 is 5.32 Å². The zero-order chi connectivity index (χ0) is 18.4. The van der Waals surface area contributed by atoms with Crippen LogP contribution in [0.15, 0.2) is 42.7 Å². The number of amides is 2. The Bertz CT molecular complexity index is 738. The third-order valence-electron chi connectivity index (χ3n) is 4.70. The smallest absolute Gasteiger partial charge is 0.228 e. The number of pyridine rings is 2. The van der Waals surface area contributed by atoms with Crippen molar-refractivity contribution in [1.82, 2.24) is 14.9 Å². The van der Waals surface area contributed by atoms with E-state index in [-0.39, 0.29) is 17.7 Å². The van der Waals surface area contributed by atoms with E-state index in [0.29, 0.717) is 44.6 Å². The number of anilines is 1. The molecule has 26 heavy (non-hydrogen) atoms. The molecule has 1 aliphatic rings. The molecule has 1 aliphatic heterocycles. The highest BCUT2D eigenvalue weighted by molar-refractivity contribution is 5.91. The number of hydrogen-bond donors (Lipinski definition) is 1. The summed E-state index contributed by atoms with van der Waals surface area (Å²) in [6.07, 6.45) is 5.96. The van der Waals surface area contributed by atoms with Crippen LogP contribution in [-0.4, -0.2) is 39.8 Å². The normalized spacial score (nSPS) is 14.9. The van der Waals surface area contributed by atoms with Gasteiger partial charge in [0.25, 0.3) is 0 Å². The van der Waals surface area contributed by atoms with E-state index in [4.69, 9.17) is 0 Å². The molecule has 2 amide bonds. The van der Waals surface area contributed by atoms with Gasteiger partial charge in [0.15, 0.2) is 0 Å². The molecule has 0 saturated carbocycles. The topological polar surface area (TPSA) is 75.2 Å². The van der Waals surface area contributed by atoms with Crippen molar-refractivity contribution in [3.63, 3.8) is 0 Å². The van der Waals surface area contributed by atoms with Crippen LogP contribution in [0.5, 0.6) is 0 Å². The number of likely N-dealkylation sites (tertiary alicyclic amines) is 1. The van der Waals surface area contributed by atoms with Crippen molar-refractivity contribution in [2.24, 2.45) is 5.92 Å². The van der Waals surface area contributed by atoms with Gasteiger partial charge in [0, 0.05) is 43.5 Å². The Labute approximate surface area is 153 Å². The van der Waals surface area contributed by atoms with Gasteiger partial charge in [0.2, 0.25) is 11.8 Å². The predicted octanol–water partition coefficient (Wildman–Crippen LogP) is 2.59. The zero-order valence-corrected chi connectivity index (χ0v) is 15.0. The summed E-state index contributed by atoms with van der Waals surface area (Å²) in [6, 6.07) is 9.46. The van der Waals surface area contributed by atoms with E-state index in [1.807, 2.05) is 42.2 Å². The first-order chi connectivity index (χ1) is 12.6. The number of nitrogens with one attached hydrogen (secondary N) is 1. The van der Waals surface area contributed by atoms with Gasteiger partial charge >= 0.3 is 0 Å². The molecular formula is C20H24N4O2. The number of piperidine rings is 1. The highest BCUT2D eigenvalue weighted by Gasteiger charge is 2.27. The highest BCUT2D eigenvalue weighted by atomic mass is 16.2. The van der Waals surface area contributed by atoms with Gasteiger partial charge < -0.3 is 10.2 Å². The Morgan fingerprint density at radius 1 is 1.15 bits per heavy atom. The Balaban J connectivity index is 1.43. The lowest BCUT2D eigenvalue weighted by atomic mass is 9.95. The lowest BCUT2D eigenvalue weighted by Gasteiger charge is -2.31. The summed E-state index contributed by atoms with van der Waals surface area (Å²) in [6.45, 7) is 3.21. The van der Waals surface area contributed by atoms with Gasteiger partial charge in [-0.1, -0.05) is 12.1 Å². The van der Waals surface area contributed by atoms with E-state index in [1.54, 1.807) is 12.4 Å². The molecule has 2 aromatic rings. The quantitative estimate of drug-likeness (QED) is 0.897. The maximum atomic E-state index is 12.4. The highest BCUT2D eigenvalue weighted by Crippen LogP contribution is 2.20. The van der Waals surface area contributed by atoms with E-state index in [2.05, 4.69) is 15.3 Å². The molecule has 0 bridgehead atoms. The summed E-state index contributed by atoms with van der Waals surface area (Å²) in [5.41, 5.74) is 1.99. The molecule has 6 heteroatoms. The number of aromatic nitrogens is 2. The third kappa shape index (κ3) is 4.88. The Morgan fingerprint density at radius 2 is 1.96 bits per heavy atom. The van der Waals surface area contributed by atoms with Crippen LogP contribution in [0.2, 0.25) is 0 Å². The fourth-order valence-corrected chi connectivity index (χ4v) is 3.10. The molecule has 1 N–H and O–H groups in total. The fourth-order valence-electron chi connectivity index (χ4n) is 3.10. The van der Waals surface area contributed by atoms with Crippen LogP contribution in [0, 0.1) is 12.8 Å². The van der Waals surface area contributed by atoms with Crippen LogP contribution in [-0.2, 0) is 16.0 Å². The van der Waals surface area contributed by atoms with Crippen molar-refractivity contribution in [3.05, 3.63) is 54.0 Å². The molecule has 3 heterocycles. The first-order valence-electron chi connectivity index (χ1n) is 9.03. The van der Waals surface area contributed by atoms with Crippen LogP contribution in [0.4, 0.5) is 5.82 Å². The molecular weight excluding hydrogens is 328 g/mol. The molecule has 136 valence electrons. The van der Waals surface area contributed by atoms with Gasteiger partial charge in [-0.25, -0.2) is 4.98 Å². The number of carbonyl (C=O) groups is 2. The summed E-state index contributed by atoms with van der Waals surface area (Å²) in [5, 5.41) is 2.87. The molecule has 0 aromatic carbocycles. The minimum atomic E-state index is -0.0713. The summed E-state index contributed by atoms with van der Waals surface area (Å²) in [7, 11) is 0. The maximum Gasteiger partial charge on any atom is 0.228 e. The number of nitrogens with zero attached hydrogens (tertiary/aromatic N) is 3. The van der Waals surface area contributed by atoms with Gasteiger partial charge in [0.1, 0.15) is 5.82 Å². The largest absolute Gasteiger partial charge is 0.343 e. The number of carbonyl (C=O) groups excluding carboxylic acids is 2. The number of aryl methyl sites for hydroxylation is 2. The fraction of sp³-hybridized carbons (Fsp3) is 0.400. The molecule has 1 fully saturated rings.